The van der Waals surface area contributed by atoms with Gasteiger partial charge < -0.3 is 10.5 Å². The van der Waals surface area contributed by atoms with Gasteiger partial charge in [-0.1, -0.05) is 11.8 Å². The maximum absolute atomic E-state index is 11.2. The highest BCUT2D eigenvalue weighted by molar-refractivity contribution is 14.1. The van der Waals surface area contributed by atoms with Gasteiger partial charge in [0.15, 0.2) is 0 Å². The number of carbonyl (C=O) groups is 1. The maximum atomic E-state index is 11.2. The SMILES string of the molecule is NC(=O)C1CC2=C(Oc3ccc(I)cc3)CN=C2S1. The lowest BCUT2D eigenvalue weighted by Crippen LogP contribution is -2.23. The number of hydrogen-bond donors (Lipinski definition) is 1. The zero-order valence-corrected chi connectivity index (χ0v) is 12.9. The Morgan fingerprint density at radius 1 is 1.42 bits per heavy atom. The van der Waals surface area contributed by atoms with E-state index in [9.17, 15) is 4.79 Å². The molecule has 2 aliphatic heterocycles. The van der Waals surface area contributed by atoms with E-state index in [-0.39, 0.29) is 11.2 Å². The van der Waals surface area contributed by atoms with Gasteiger partial charge >= 0.3 is 0 Å². The number of nitrogens with two attached hydrogens (primary N) is 1. The molecule has 98 valence electrons. The molecule has 2 heterocycles. The summed E-state index contributed by atoms with van der Waals surface area (Å²) in [6.07, 6.45) is 0.624. The lowest BCUT2D eigenvalue weighted by atomic mass is 10.1. The summed E-state index contributed by atoms with van der Waals surface area (Å²) < 4.78 is 7.03. The molecule has 0 bridgehead atoms. The first-order valence-corrected chi connectivity index (χ1v) is 7.75. The molecule has 3 rings (SSSR count). The van der Waals surface area contributed by atoms with Crippen LogP contribution < -0.4 is 10.5 Å². The van der Waals surface area contributed by atoms with Crippen molar-refractivity contribution in [2.24, 2.45) is 10.7 Å². The molecule has 1 saturated heterocycles. The molecule has 1 aromatic rings. The summed E-state index contributed by atoms with van der Waals surface area (Å²) in [6, 6.07) is 7.85. The Morgan fingerprint density at radius 3 is 2.84 bits per heavy atom. The van der Waals surface area contributed by atoms with E-state index in [1.165, 1.54) is 11.8 Å². The molecule has 0 aliphatic carbocycles. The molecule has 0 aromatic heterocycles. The van der Waals surface area contributed by atoms with Crippen LogP contribution in [0.25, 0.3) is 0 Å². The van der Waals surface area contributed by atoms with E-state index in [0.29, 0.717) is 13.0 Å². The molecule has 6 heteroatoms. The summed E-state index contributed by atoms with van der Waals surface area (Å²) in [6.45, 7) is 0.551. The zero-order valence-electron chi connectivity index (χ0n) is 9.93. The molecule has 0 saturated carbocycles. The fraction of sp³-hybridized carbons (Fsp3) is 0.231. The van der Waals surface area contributed by atoms with Crippen molar-refractivity contribution < 1.29 is 9.53 Å². The average Bonchev–Trinajstić information content (AvgIpc) is 2.94. The van der Waals surface area contributed by atoms with Crippen molar-refractivity contribution in [3.8, 4) is 5.75 Å². The van der Waals surface area contributed by atoms with E-state index in [4.69, 9.17) is 10.5 Å². The van der Waals surface area contributed by atoms with Crippen molar-refractivity contribution in [1.82, 2.24) is 0 Å². The van der Waals surface area contributed by atoms with Crippen LogP contribution in [0.3, 0.4) is 0 Å². The van der Waals surface area contributed by atoms with Crippen LogP contribution in [0.5, 0.6) is 5.75 Å². The average molecular weight is 386 g/mol. The molecule has 1 atom stereocenters. The van der Waals surface area contributed by atoms with Crippen molar-refractivity contribution in [3.63, 3.8) is 0 Å². The number of benzene rings is 1. The summed E-state index contributed by atoms with van der Waals surface area (Å²) in [4.78, 5) is 15.6. The molecule has 1 unspecified atom stereocenters. The number of fused-ring (bicyclic) bond motifs is 1. The minimum atomic E-state index is -0.289. The van der Waals surface area contributed by atoms with Crippen LogP contribution in [0.15, 0.2) is 40.6 Å². The first kappa shape index (κ1) is 13.0. The van der Waals surface area contributed by atoms with Gasteiger partial charge in [0.1, 0.15) is 11.5 Å². The molecule has 0 spiro atoms. The van der Waals surface area contributed by atoms with Crippen LogP contribution in [0.4, 0.5) is 0 Å². The van der Waals surface area contributed by atoms with Gasteiger partial charge in [-0.3, -0.25) is 9.79 Å². The molecule has 19 heavy (non-hydrogen) atoms. The van der Waals surface area contributed by atoms with E-state index < -0.39 is 0 Å². The Bertz CT molecular complexity index is 595. The Kier molecular flexibility index (Phi) is 3.53. The van der Waals surface area contributed by atoms with Crippen LogP contribution in [0.1, 0.15) is 6.42 Å². The summed E-state index contributed by atoms with van der Waals surface area (Å²) in [5.41, 5.74) is 6.37. The highest BCUT2D eigenvalue weighted by Gasteiger charge is 2.35. The summed E-state index contributed by atoms with van der Waals surface area (Å²) in [5.74, 6) is 1.35. The van der Waals surface area contributed by atoms with E-state index in [2.05, 4.69) is 27.6 Å². The lowest BCUT2D eigenvalue weighted by Gasteiger charge is -2.08. The molecule has 4 nitrogen and oxygen atoms in total. The second kappa shape index (κ2) is 5.16. The predicted octanol–water partition coefficient (Wildman–Crippen LogP) is 2.33. The third-order valence-corrected chi connectivity index (χ3v) is 4.98. The van der Waals surface area contributed by atoms with Gasteiger partial charge in [-0.2, -0.15) is 0 Å². The second-order valence-corrected chi connectivity index (χ2v) is 6.73. The van der Waals surface area contributed by atoms with E-state index in [0.717, 1.165) is 25.7 Å². The number of aliphatic imine (C=N–C) groups is 1. The number of ether oxygens (including phenoxy) is 1. The number of thioether (sulfide) groups is 1. The quantitative estimate of drug-likeness (QED) is 0.812. The van der Waals surface area contributed by atoms with Gasteiger partial charge in [0, 0.05) is 9.14 Å². The molecule has 1 amide bonds. The molecule has 2 aliphatic rings. The van der Waals surface area contributed by atoms with Crippen LogP contribution in [0, 0.1) is 3.57 Å². The maximum Gasteiger partial charge on any atom is 0.231 e. The van der Waals surface area contributed by atoms with Crippen LogP contribution in [-0.2, 0) is 4.79 Å². The highest BCUT2D eigenvalue weighted by atomic mass is 127. The third kappa shape index (κ3) is 2.64. The topological polar surface area (TPSA) is 64.7 Å². The Hall–Kier alpha value is -1.02. The van der Waals surface area contributed by atoms with Crippen LogP contribution >= 0.6 is 34.4 Å². The van der Waals surface area contributed by atoms with Gasteiger partial charge in [0.05, 0.1) is 16.8 Å². The van der Waals surface area contributed by atoms with Gasteiger partial charge in [0.2, 0.25) is 5.91 Å². The van der Waals surface area contributed by atoms with Crippen molar-refractivity contribution >= 4 is 45.3 Å². The monoisotopic (exact) mass is 386 g/mol. The van der Waals surface area contributed by atoms with Gasteiger partial charge in [0.25, 0.3) is 0 Å². The van der Waals surface area contributed by atoms with E-state index in [1.54, 1.807) is 0 Å². The number of carbonyl (C=O) groups excluding carboxylic acids is 1. The summed E-state index contributed by atoms with van der Waals surface area (Å²) in [5, 5.41) is 0.702. The van der Waals surface area contributed by atoms with Crippen molar-refractivity contribution in [2.75, 3.05) is 6.54 Å². The molecule has 1 aromatic carbocycles. The standard InChI is InChI=1S/C13H11IN2O2S/c14-7-1-3-8(4-2-7)18-10-6-16-13-9(10)5-11(19-13)12(15)17/h1-4,11H,5-6H2,(H2,15,17). The molecular weight excluding hydrogens is 375 g/mol. The molecule has 0 radical (unpaired) electrons. The number of hydrogen-bond acceptors (Lipinski definition) is 4. The Morgan fingerprint density at radius 2 is 2.16 bits per heavy atom. The van der Waals surface area contributed by atoms with Crippen LogP contribution in [0.2, 0.25) is 0 Å². The zero-order chi connectivity index (χ0) is 13.4. The first-order valence-electron chi connectivity index (χ1n) is 5.80. The minimum Gasteiger partial charge on any atom is -0.459 e. The Labute approximate surface area is 128 Å². The molecule has 1 fully saturated rings. The first-order chi connectivity index (χ1) is 9.13. The predicted molar refractivity (Wildman–Crippen MR) is 84.3 cm³/mol. The van der Waals surface area contributed by atoms with E-state index >= 15 is 0 Å². The van der Waals surface area contributed by atoms with Crippen molar-refractivity contribution in [1.29, 1.82) is 0 Å². The number of nitrogens with zero attached hydrogens (tertiary/aromatic N) is 1. The largest absolute Gasteiger partial charge is 0.459 e. The van der Waals surface area contributed by atoms with Gasteiger partial charge in [-0.15, -0.1) is 0 Å². The lowest BCUT2D eigenvalue weighted by molar-refractivity contribution is -0.117. The molecular formula is C13H11IN2O2S. The third-order valence-electron chi connectivity index (χ3n) is 2.98. The van der Waals surface area contributed by atoms with Crippen molar-refractivity contribution in [2.45, 2.75) is 11.7 Å². The van der Waals surface area contributed by atoms with Crippen LogP contribution in [-0.4, -0.2) is 22.7 Å². The number of halogens is 1. The number of rotatable bonds is 3. The fourth-order valence-corrected chi connectivity index (χ4v) is 3.50. The van der Waals surface area contributed by atoms with Gasteiger partial charge in [-0.25, -0.2) is 0 Å². The van der Waals surface area contributed by atoms with Crippen molar-refractivity contribution in [3.05, 3.63) is 39.2 Å². The Balaban J connectivity index is 1.79. The number of primary amides is 1. The normalized spacial score (nSPS) is 21.3. The minimum absolute atomic E-state index is 0.204. The smallest absolute Gasteiger partial charge is 0.231 e. The summed E-state index contributed by atoms with van der Waals surface area (Å²) in [7, 11) is 0. The molecule has 2 N–H and O–H groups in total. The number of amides is 1. The summed E-state index contributed by atoms with van der Waals surface area (Å²) >= 11 is 3.69. The van der Waals surface area contributed by atoms with E-state index in [1.807, 2.05) is 24.3 Å². The fourth-order valence-electron chi connectivity index (χ4n) is 2.02. The second-order valence-electron chi connectivity index (χ2n) is 4.29. The highest BCUT2D eigenvalue weighted by Crippen LogP contribution is 2.39. The van der Waals surface area contributed by atoms with Gasteiger partial charge in [-0.05, 0) is 53.3 Å².